The summed E-state index contributed by atoms with van der Waals surface area (Å²) >= 11 is 0. The number of pyridine rings is 1. The molecule has 0 radical (unpaired) electrons. The molecule has 0 fully saturated rings. The molecule has 5 nitrogen and oxygen atoms in total. The fourth-order valence-corrected chi connectivity index (χ4v) is 2.08. The van der Waals surface area contributed by atoms with E-state index in [0.29, 0.717) is 23.7 Å². The van der Waals surface area contributed by atoms with Gasteiger partial charge in [-0.2, -0.15) is 0 Å². The van der Waals surface area contributed by atoms with Crippen molar-refractivity contribution in [1.29, 1.82) is 0 Å². The van der Waals surface area contributed by atoms with Gasteiger partial charge in [-0.1, -0.05) is 6.07 Å². The predicted molar refractivity (Wildman–Crippen MR) is 77.9 cm³/mol. The van der Waals surface area contributed by atoms with Gasteiger partial charge >= 0.3 is 0 Å². The highest BCUT2D eigenvalue weighted by atomic mass is 16.5. The van der Waals surface area contributed by atoms with Gasteiger partial charge in [0, 0.05) is 23.4 Å². The zero-order valence-corrected chi connectivity index (χ0v) is 11.5. The monoisotopic (exact) mass is 282 g/mol. The van der Waals surface area contributed by atoms with Crippen LogP contribution in [0.4, 0.5) is 0 Å². The number of aldehydes is 1. The summed E-state index contributed by atoms with van der Waals surface area (Å²) < 4.78 is 12.8. The summed E-state index contributed by atoms with van der Waals surface area (Å²) in [5.74, 6) is 1.20. The third-order valence-electron chi connectivity index (χ3n) is 3.15. The topological polar surface area (TPSA) is 52.8 Å². The fraction of sp³-hybridized carbons (Fsp3) is 0.125. The molecule has 21 heavy (non-hydrogen) atoms. The molecule has 0 amide bonds. The quantitative estimate of drug-likeness (QED) is 0.675. The van der Waals surface area contributed by atoms with Crippen molar-refractivity contribution < 1.29 is 14.3 Å². The molecule has 5 heteroatoms. The molecule has 0 bridgehead atoms. The zero-order chi connectivity index (χ0) is 14.7. The Morgan fingerprint density at radius 3 is 2.90 bits per heavy atom. The van der Waals surface area contributed by atoms with Crippen LogP contribution in [0.1, 0.15) is 15.9 Å². The van der Waals surface area contributed by atoms with Gasteiger partial charge < -0.3 is 13.9 Å². The molecule has 0 unspecified atom stereocenters. The first-order valence-corrected chi connectivity index (χ1v) is 6.46. The van der Waals surface area contributed by atoms with Crippen molar-refractivity contribution in [3.63, 3.8) is 0 Å². The Bertz CT molecular complexity index is 780. The molecular weight excluding hydrogens is 268 g/mol. The number of imidazole rings is 1. The minimum absolute atomic E-state index is 0.402. The van der Waals surface area contributed by atoms with Crippen molar-refractivity contribution in [1.82, 2.24) is 9.38 Å². The number of carbonyl (C=O) groups is 1. The number of ether oxygens (including phenoxy) is 2. The van der Waals surface area contributed by atoms with Crippen molar-refractivity contribution >= 4 is 11.8 Å². The van der Waals surface area contributed by atoms with Gasteiger partial charge in [0.25, 0.3) is 0 Å². The average Bonchev–Trinajstić information content (AvgIpc) is 3.00. The van der Waals surface area contributed by atoms with E-state index >= 15 is 0 Å². The van der Waals surface area contributed by atoms with E-state index < -0.39 is 0 Å². The standard InChI is InChI=1S/C16H14N2O3/c1-20-15-4-13(9-19)5-16(6-15)21-10-12-2-3-14-7-17-11-18(14)8-12/h2-9,11H,10H2,1H3. The first kappa shape index (κ1) is 13.2. The van der Waals surface area contributed by atoms with Crippen molar-refractivity contribution in [3.8, 4) is 11.5 Å². The Morgan fingerprint density at radius 2 is 2.10 bits per heavy atom. The highest BCUT2D eigenvalue weighted by Crippen LogP contribution is 2.22. The van der Waals surface area contributed by atoms with Crippen LogP contribution in [0.2, 0.25) is 0 Å². The number of aromatic nitrogens is 2. The van der Waals surface area contributed by atoms with Gasteiger partial charge in [-0.15, -0.1) is 0 Å². The SMILES string of the molecule is COc1cc(C=O)cc(OCc2ccc3cncn3c2)c1. The van der Waals surface area contributed by atoms with Crippen LogP contribution in [0.15, 0.2) is 49.1 Å². The van der Waals surface area contributed by atoms with Crippen molar-refractivity contribution in [2.45, 2.75) is 6.61 Å². The van der Waals surface area contributed by atoms with Gasteiger partial charge in [-0.05, 0) is 18.2 Å². The highest BCUT2D eigenvalue weighted by Gasteiger charge is 2.03. The molecule has 106 valence electrons. The van der Waals surface area contributed by atoms with Gasteiger partial charge in [-0.25, -0.2) is 4.98 Å². The lowest BCUT2D eigenvalue weighted by molar-refractivity contribution is 0.112. The van der Waals surface area contributed by atoms with Crippen molar-refractivity contribution in [2.24, 2.45) is 0 Å². The first-order valence-electron chi connectivity index (χ1n) is 6.46. The molecule has 2 heterocycles. The van der Waals surface area contributed by atoms with Gasteiger partial charge in [0.1, 0.15) is 24.4 Å². The Kier molecular flexibility index (Phi) is 3.55. The molecule has 0 N–H and O–H groups in total. The molecule has 2 aromatic heterocycles. The molecule has 3 rings (SSSR count). The van der Waals surface area contributed by atoms with Crippen LogP contribution < -0.4 is 9.47 Å². The maximum absolute atomic E-state index is 10.9. The van der Waals surface area contributed by atoms with E-state index in [1.165, 1.54) is 0 Å². The van der Waals surface area contributed by atoms with E-state index in [4.69, 9.17) is 9.47 Å². The maximum Gasteiger partial charge on any atom is 0.150 e. The van der Waals surface area contributed by atoms with Crippen LogP contribution in [0.3, 0.4) is 0 Å². The molecule has 0 saturated carbocycles. The average molecular weight is 282 g/mol. The Hall–Kier alpha value is -2.82. The summed E-state index contributed by atoms with van der Waals surface area (Å²) in [5.41, 5.74) is 2.56. The molecule has 0 aliphatic rings. The summed E-state index contributed by atoms with van der Waals surface area (Å²) in [6.07, 6.45) is 6.27. The van der Waals surface area contributed by atoms with Crippen LogP contribution in [-0.2, 0) is 6.61 Å². The Balaban J connectivity index is 1.78. The predicted octanol–water partition coefficient (Wildman–Crippen LogP) is 2.73. The van der Waals surface area contributed by atoms with E-state index in [2.05, 4.69) is 4.98 Å². The van der Waals surface area contributed by atoms with E-state index in [9.17, 15) is 4.79 Å². The third-order valence-corrected chi connectivity index (χ3v) is 3.15. The molecule has 0 aliphatic carbocycles. The molecule has 0 saturated heterocycles. The minimum Gasteiger partial charge on any atom is -0.497 e. The number of rotatable bonds is 5. The van der Waals surface area contributed by atoms with Crippen LogP contribution in [0, 0.1) is 0 Å². The van der Waals surface area contributed by atoms with E-state index in [1.54, 1.807) is 37.8 Å². The Morgan fingerprint density at radius 1 is 1.24 bits per heavy atom. The van der Waals surface area contributed by atoms with Crippen LogP contribution in [-0.4, -0.2) is 22.8 Å². The van der Waals surface area contributed by atoms with Crippen LogP contribution in [0.25, 0.3) is 5.52 Å². The van der Waals surface area contributed by atoms with Gasteiger partial charge in [-0.3, -0.25) is 4.79 Å². The summed E-state index contributed by atoms with van der Waals surface area (Å²) in [7, 11) is 1.56. The second kappa shape index (κ2) is 5.66. The Labute approximate surface area is 121 Å². The number of hydrogen-bond donors (Lipinski definition) is 0. The number of methoxy groups -OCH3 is 1. The van der Waals surface area contributed by atoms with Gasteiger partial charge in [0.2, 0.25) is 0 Å². The normalized spacial score (nSPS) is 10.5. The summed E-state index contributed by atoms with van der Waals surface area (Å²) in [6.45, 7) is 0.402. The second-order valence-electron chi connectivity index (χ2n) is 4.61. The first-order chi connectivity index (χ1) is 10.3. The summed E-state index contributed by atoms with van der Waals surface area (Å²) in [5, 5.41) is 0. The number of nitrogens with zero attached hydrogens (tertiary/aromatic N) is 2. The summed E-state index contributed by atoms with van der Waals surface area (Å²) in [4.78, 5) is 15.0. The van der Waals surface area contributed by atoms with Crippen molar-refractivity contribution in [3.05, 3.63) is 60.2 Å². The molecule has 0 spiro atoms. The number of fused-ring (bicyclic) bond motifs is 1. The zero-order valence-electron chi connectivity index (χ0n) is 11.5. The highest BCUT2D eigenvalue weighted by molar-refractivity contribution is 5.76. The molecule has 0 aliphatic heterocycles. The number of carbonyl (C=O) groups excluding carboxylic acids is 1. The molecular formula is C16H14N2O3. The second-order valence-corrected chi connectivity index (χ2v) is 4.61. The van der Waals surface area contributed by atoms with Crippen LogP contribution >= 0.6 is 0 Å². The lowest BCUT2D eigenvalue weighted by Gasteiger charge is -2.09. The maximum atomic E-state index is 10.9. The lowest BCUT2D eigenvalue weighted by atomic mass is 10.2. The smallest absolute Gasteiger partial charge is 0.150 e. The van der Waals surface area contributed by atoms with Crippen LogP contribution in [0.5, 0.6) is 11.5 Å². The van der Waals surface area contributed by atoms with E-state index in [0.717, 1.165) is 17.4 Å². The van der Waals surface area contributed by atoms with Gasteiger partial charge in [0.15, 0.2) is 0 Å². The fourth-order valence-electron chi connectivity index (χ4n) is 2.08. The van der Waals surface area contributed by atoms with E-state index in [1.807, 2.05) is 22.7 Å². The molecule has 1 aromatic carbocycles. The molecule has 3 aromatic rings. The van der Waals surface area contributed by atoms with E-state index in [-0.39, 0.29) is 0 Å². The largest absolute Gasteiger partial charge is 0.497 e. The number of hydrogen-bond acceptors (Lipinski definition) is 4. The van der Waals surface area contributed by atoms with Crippen molar-refractivity contribution in [2.75, 3.05) is 7.11 Å². The lowest BCUT2D eigenvalue weighted by Crippen LogP contribution is -1.98. The molecule has 0 atom stereocenters. The van der Waals surface area contributed by atoms with Gasteiger partial charge in [0.05, 0.1) is 25.2 Å². The summed E-state index contributed by atoms with van der Waals surface area (Å²) in [6, 6.07) is 9.07. The minimum atomic E-state index is 0.402. The number of benzene rings is 1. The third kappa shape index (κ3) is 2.86.